The van der Waals surface area contributed by atoms with Gasteiger partial charge in [-0.3, -0.25) is 9.36 Å². The largest absolute Gasteiger partial charge is 0.493 e. The number of halogens is 1. The first-order valence-corrected chi connectivity index (χ1v) is 10.2. The second-order valence-corrected chi connectivity index (χ2v) is 7.50. The third kappa shape index (κ3) is 4.37. The number of thioether (sulfide) groups is 1. The molecule has 0 spiro atoms. The van der Waals surface area contributed by atoms with Crippen molar-refractivity contribution in [3.05, 3.63) is 80.6 Å². The highest BCUT2D eigenvalue weighted by Crippen LogP contribution is 2.28. The van der Waals surface area contributed by atoms with Crippen LogP contribution < -0.4 is 5.56 Å². The van der Waals surface area contributed by atoms with Gasteiger partial charge in [-0.25, -0.2) is 0 Å². The zero-order valence-electron chi connectivity index (χ0n) is 15.3. The molecule has 3 rings (SSSR count). The van der Waals surface area contributed by atoms with E-state index in [1.807, 2.05) is 42.5 Å². The summed E-state index contributed by atoms with van der Waals surface area (Å²) in [5.74, 6) is 0.352. The van der Waals surface area contributed by atoms with Crippen molar-refractivity contribution in [2.45, 2.75) is 37.6 Å². The maximum atomic E-state index is 12.8. The van der Waals surface area contributed by atoms with Gasteiger partial charge in [0.25, 0.3) is 5.56 Å². The molecule has 0 amide bonds. The van der Waals surface area contributed by atoms with Crippen molar-refractivity contribution < 1.29 is 5.11 Å². The lowest BCUT2D eigenvalue weighted by Crippen LogP contribution is -2.22. The first-order chi connectivity index (χ1) is 13.0. The predicted molar refractivity (Wildman–Crippen MR) is 111 cm³/mol. The normalized spacial score (nSPS) is 10.9. The minimum atomic E-state index is -0.281. The van der Waals surface area contributed by atoms with E-state index in [0.717, 1.165) is 41.3 Å². The molecular weight excluding hydrogens is 380 g/mol. The van der Waals surface area contributed by atoms with Crippen LogP contribution in [-0.2, 0) is 18.6 Å². The molecule has 0 radical (unpaired) electrons. The molecular formula is C21H21ClN2O2S. The molecule has 0 aliphatic rings. The Labute approximate surface area is 167 Å². The van der Waals surface area contributed by atoms with E-state index in [1.54, 1.807) is 4.57 Å². The molecule has 3 aromatic rings. The molecule has 0 bridgehead atoms. The highest BCUT2D eigenvalue weighted by atomic mass is 35.5. The van der Waals surface area contributed by atoms with Gasteiger partial charge >= 0.3 is 0 Å². The molecule has 0 fully saturated rings. The molecule has 0 atom stereocenters. The van der Waals surface area contributed by atoms with Gasteiger partial charge in [0.2, 0.25) is 5.88 Å². The molecule has 1 N–H and O–H groups in total. The Hall–Kier alpha value is -2.24. The van der Waals surface area contributed by atoms with Crippen LogP contribution in [0.15, 0.2) is 58.5 Å². The fourth-order valence-corrected chi connectivity index (χ4v) is 4.07. The number of para-hydroxylation sites is 1. The third-order valence-electron chi connectivity index (χ3n) is 4.34. The Balaban J connectivity index is 2.09. The monoisotopic (exact) mass is 400 g/mol. The Morgan fingerprint density at radius 3 is 2.30 bits per heavy atom. The summed E-state index contributed by atoms with van der Waals surface area (Å²) in [6.07, 6.45) is 1.61. The van der Waals surface area contributed by atoms with Gasteiger partial charge < -0.3 is 5.11 Å². The summed E-state index contributed by atoms with van der Waals surface area (Å²) in [6, 6.07) is 14.8. The third-order valence-corrected chi connectivity index (χ3v) is 5.61. The summed E-state index contributed by atoms with van der Waals surface area (Å²) in [4.78, 5) is 17.0. The van der Waals surface area contributed by atoms with Crippen LogP contribution in [0.5, 0.6) is 5.88 Å². The van der Waals surface area contributed by atoms with Crippen molar-refractivity contribution in [2.75, 3.05) is 0 Å². The number of aryl methyl sites for hydroxylation is 2. The molecule has 0 aliphatic carbocycles. The summed E-state index contributed by atoms with van der Waals surface area (Å²) >= 11 is 7.36. The lowest BCUT2D eigenvalue weighted by Gasteiger charge is -2.18. The van der Waals surface area contributed by atoms with Crippen LogP contribution in [0.3, 0.4) is 0 Å². The van der Waals surface area contributed by atoms with E-state index in [-0.39, 0.29) is 11.4 Å². The van der Waals surface area contributed by atoms with Gasteiger partial charge in [-0.1, -0.05) is 67.5 Å². The van der Waals surface area contributed by atoms with Crippen molar-refractivity contribution in [2.24, 2.45) is 0 Å². The zero-order chi connectivity index (χ0) is 19.4. The Morgan fingerprint density at radius 1 is 1.07 bits per heavy atom. The molecule has 27 heavy (non-hydrogen) atoms. The highest BCUT2D eigenvalue weighted by molar-refractivity contribution is 7.98. The van der Waals surface area contributed by atoms with E-state index in [2.05, 4.69) is 18.8 Å². The maximum absolute atomic E-state index is 12.8. The van der Waals surface area contributed by atoms with E-state index in [0.29, 0.717) is 15.9 Å². The molecule has 0 saturated carbocycles. The number of rotatable bonds is 6. The maximum Gasteiger partial charge on any atom is 0.262 e. The topological polar surface area (TPSA) is 55.1 Å². The molecule has 0 saturated heterocycles. The van der Waals surface area contributed by atoms with Crippen LogP contribution in [0.2, 0.25) is 5.02 Å². The summed E-state index contributed by atoms with van der Waals surface area (Å²) in [5, 5.41) is 11.1. The number of nitrogens with zero attached hydrogens (tertiary/aromatic N) is 2. The van der Waals surface area contributed by atoms with Crippen molar-refractivity contribution in [1.29, 1.82) is 0 Å². The van der Waals surface area contributed by atoms with Gasteiger partial charge in [-0.2, -0.15) is 4.98 Å². The zero-order valence-corrected chi connectivity index (χ0v) is 16.8. The Morgan fingerprint density at radius 2 is 1.70 bits per heavy atom. The fourth-order valence-electron chi connectivity index (χ4n) is 2.98. The quantitative estimate of drug-likeness (QED) is 0.466. The molecule has 1 heterocycles. The Kier molecular flexibility index (Phi) is 6.24. The first-order valence-electron chi connectivity index (χ1n) is 8.85. The van der Waals surface area contributed by atoms with Crippen molar-refractivity contribution in [3.8, 4) is 11.6 Å². The summed E-state index contributed by atoms with van der Waals surface area (Å²) in [5.41, 5.74) is 3.82. The average molecular weight is 401 g/mol. The van der Waals surface area contributed by atoms with Crippen molar-refractivity contribution in [1.82, 2.24) is 9.55 Å². The van der Waals surface area contributed by atoms with E-state index >= 15 is 0 Å². The van der Waals surface area contributed by atoms with E-state index in [1.165, 1.54) is 11.8 Å². The van der Waals surface area contributed by atoms with Crippen LogP contribution in [0.4, 0.5) is 0 Å². The molecule has 6 heteroatoms. The number of hydrogen-bond donors (Lipinski definition) is 1. The van der Waals surface area contributed by atoms with E-state index in [9.17, 15) is 9.90 Å². The van der Waals surface area contributed by atoms with Crippen LogP contribution in [0, 0.1) is 0 Å². The number of hydrogen-bond acceptors (Lipinski definition) is 4. The van der Waals surface area contributed by atoms with Gasteiger partial charge in [0.1, 0.15) is 0 Å². The number of benzene rings is 2. The van der Waals surface area contributed by atoms with Crippen LogP contribution >= 0.6 is 23.4 Å². The van der Waals surface area contributed by atoms with E-state index in [4.69, 9.17) is 11.6 Å². The molecule has 0 unspecified atom stereocenters. The van der Waals surface area contributed by atoms with Gasteiger partial charge in [0.15, 0.2) is 5.16 Å². The summed E-state index contributed by atoms with van der Waals surface area (Å²) in [7, 11) is 0. The molecule has 4 nitrogen and oxygen atoms in total. The summed E-state index contributed by atoms with van der Waals surface area (Å²) < 4.78 is 1.62. The van der Waals surface area contributed by atoms with Gasteiger partial charge in [-0.15, -0.1) is 0 Å². The SMILES string of the molecule is CCc1cccc(CC)c1-n1c(SCc2ccc(Cl)cc2)nc(O)cc1=O. The van der Waals surface area contributed by atoms with Crippen LogP contribution in [0.25, 0.3) is 5.69 Å². The standard InChI is InChI=1S/C21H21ClN2O2S/c1-3-15-6-5-7-16(4-2)20(15)24-19(26)12-18(25)23-21(24)27-13-14-8-10-17(22)11-9-14/h5-12,25H,3-4,13H2,1-2H3. The molecule has 140 valence electrons. The minimum absolute atomic E-state index is 0.262. The van der Waals surface area contributed by atoms with Gasteiger partial charge in [-0.05, 0) is 41.7 Å². The van der Waals surface area contributed by atoms with Crippen molar-refractivity contribution >= 4 is 23.4 Å². The predicted octanol–water partition coefficient (Wildman–Crippen LogP) is 5.01. The average Bonchev–Trinajstić information content (AvgIpc) is 2.66. The lowest BCUT2D eigenvalue weighted by atomic mass is 10.0. The second-order valence-electron chi connectivity index (χ2n) is 6.12. The molecule has 1 aromatic heterocycles. The number of aromatic nitrogens is 2. The second kappa shape index (κ2) is 8.63. The van der Waals surface area contributed by atoms with Crippen LogP contribution in [0.1, 0.15) is 30.5 Å². The van der Waals surface area contributed by atoms with Gasteiger partial charge in [0, 0.05) is 10.8 Å². The van der Waals surface area contributed by atoms with Crippen molar-refractivity contribution in [3.63, 3.8) is 0 Å². The first kappa shape index (κ1) is 19.5. The minimum Gasteiger partial charge on any atom is -0.493 e. The molecule has 2 aromatic carbocycles. The smallest absolute Gasteiger partial charge is 0.262 e. The van der Waals surface area contributed by atoms with Crippen LogP contribution in [-0.4, -0.2) is 14.7 Å². The van der Waals surface area contributed by atoms with E-state index < -0.39 is 0 Å². The molecule has 0 aliphatic heterocycles. The lowest BCUT2D eigenvalue weighted by molar-refractivity contribution is 0.440. The Bertz CT molecular complexity index is 978. The summed E-state index contributed by atoms with van der Waals surface area (Å²) in [6.45, 7) is 4.13. The highest BCUT2D eigenvalue weighted by Gasteiger charge is 2.16. The number of aromatic hydroxyl groups is 1. The van der Waals surface area contributed by atoms with Gasteiger partial charge in [0.05, 0.1) is 11.8 Å². The fraction of sp³-hybridized carbons (Fsp3) is 0.238.